The molecule has 24 heavy (non-hydrogen) atoms. The topological polar surface area (TPSA) is 59.5 Å². The van der Waals surface area contributed by atoms with E-state index in [2.05, 4.69) is 4.98 Å². The molecule has 1 aromatic carbocycles. The Kier molecular flexibility index (Phi) is 6.49. The molecular weight excluding hydrogens is 304 g/mol. The first kappa shape index (κ1) is 17.7. The number of carbonyl (C=O) groups is 2. The van der Waals surface area contributed by atoms with E-state index in [0.29, 0.717) is 25.1 Å². The molecule has 126 valence electrons. The summed E-state index contributed by atoms with van der Waals surface area (Å²) < 4.78 is 4.98. The van der Waals surface area contributed by atoms with E-state index in [1.165, 1.54) is 0 Å². The summed E-state index contributed by atoms with van der Waals surface area (Å²) in [4.78, 5) is 30.0. The molecule has 2 aromatic rings. The van der Waals surface area contributed by atoms with Crippen LogP contribution in [0.3, 0.4) is 0 Å². The van der Waals surface area contributed by atoms with Gasteiger partial charge in [-0.25, -0.2) is 4.79 Å². The molecule has 0 aliphatic heterocycles. The molecule has 0 saturated carbocycles. The van der Waals surface area contributed by atoms with Gasteiger partial charge in [-0.1, -0.05) is 6.92 Å². The Labute approximate surface area is 142 Å². The van der Waals surface area contributed by atoms with Crippen LogP contribution >= 0.6 is 0 Å². The molecule has 1 heterocycles. The van der Waals surface area contributed by atoms with E-state index in [1.54, 1.807) is 48.5 Å². The lowest BCUT2D eigenvalue weighted by Crippen LogP contribution is -2.30. The van der Waals surface area contributed by atoms with Gasteiger partial charge in [0.15, 0.2) is 0 Å². The fraction of sp³-hybridized carbons (Fsp3) is 0.316. The Morgan fingerprint density at radius 2 is 1.71 bits per heavy atom. The van der Waals surface area contributed by atoms with Gasteiger partial charge in [-0.15, -0.1) is 0 Å². The first-order chi connectivity index (χ1) is 11.7. The number of amides is 1. The summed E-state index contributed by atoms with van der Waals surface area (Å²) in [5.74, 6) is -0.303. The van der Waals surface area contributed by atoms with Gasteiger partial charge < -0.3 is 9.64 Å². The summed E-state index contributed by atoms with van der Waals surface area (Å²) in [5.41, 5.74) is 2.25. The first-order valence-electron chi connectivity index (χ1n) is 8.12. The van der Waals surface area contributed by atoms with Crippen LogP contribution in [0.15, 0.2) is 48.8 Å². The zero-order valence-corrected chi connectivity index (χ0v) is 14.1. The summed E-state index contributed by atoms with van der Waals surface area (Å²) in [6, 6.07) is 10.7. The molecule has 0 aliphatic carbocycles. The van der Waals surface area contributed by atoms with E-state index < -0.39 is 0 Å². The predicted octanol–water partition coefficient (Wildman–Crippen LogP) is 3.59. The average Bonchev–Trinajstić information content (AvgIpc) is 2.61. The van der Waals surface area contributed by atoms with Gasteiger partial charge in [-0.05, 0) is 55.3 Å². The molecule has 0 atom stereocenters. The number of ether oxygens (including phenoxy) is 1. The minimum atomic E-state index is -0.357. The molecule has 0 aliphatic rings. The molecule has 2 rings (SSSR count). The molecule has 5 nitrogen and oxygen atoms in total. The molecule has 0 bridgehead atoms. The minimum absolute atomic E-state index is 0.0539. The quantitative estimate of drug-likeness (QED) is 0.730. The Morgan fingerprint density at radius 3 is 2.29 bits per heavy atom. The number of aromatic nitrogens is 1. The SMILES string of the molecule is CCCC(=O)N(Cc1ccncc1)c1ccc(C(=O)OCC)cc1. The van der Waals surface area contributed by atoms with Crippen LogP contribution < -0.4 is 4.90 Å². The molecular formula is C19H22N2O3. The van der Waals surface area contributed by atoms with Crippen molar-refractivity contribution in [2.24, 2.45) is 0 Å². The molecule has 0 N–H and O–H groups in total. The van der Waals surface area contributed by atoms with Gasteiger partial charge in [-0.2, -0.15) is 0 Å². The molecule has 0 fully saturated rings. The summed E-state index contributed by atoms with van der Waals surface area (Å²) in [7, 11) is 0. The summed E-state index contributed by atoms with van der Waals surface area (Å²) in [5, 5.41) is 0. The van der Waals surface area contributed by atoms with E-state index in [0.717, 1.165) is 17.7 Å². The Balaban J connectivity index is 2.23. The molecule has 0 saturated heterocycles. The largest absolute Gasteiger partial charge is 0.462 e. The van der Waals surface area contributed by atoms with Gasteiger partial charge in [0.25, 0.3) is 0 Å². The lowest BCUT2D eigenvalue weighted by molar-refractivity contribution is -0.118. The number of anilines is 1. The lowest BCUT2D eigenvalue weighted by atomic mass is 10.1. The minimum Gasteiger partial charge on any atom is -0.462 e. The van der Waals surface area contributed by atoms with Gasteiger partial charge in [0.2, 0.25) is 5.91 Å². The number of nitrogens with zero attached hydrogens (tertiary/aromatic N) is 2. The van der Waals surface area contributed by atoms with Crippen molar-refractivity contribution in [3.05, 3.63) is 59.9 Å². The Morgan fingerprint density at radius 1 is 1.04 bits per heavy atom. The van der Waals surface area contributed by atoms with Gasteiger partial charge >= 0.3 is 5.97 Å². The number of benzene rings is 1. The summed E-state index contributed by atoms with van der Waals surface area (Å²) in [6.45, 7) is 4.56. The number of carbonyl (C=O) groups excluding carboxylic acids is 2. The number of pyridine rings is 1. The van der Waals surface area contributed by atoms with Gasteiger partial charge in [0.05, 0.1) is 18.7 Å². The van der Waals surface area contributed by atoms with Crippen molar-refractivity contribution in [3.8, 4) is 0 Å². The van der Waals surface area contributed by atoms with Crippen LogP contribution in [0.5, 0.6) is 0 Å². The van der Waals surface area contributed by atoms with E-state index >= 15 is 0 Å². The van der Waals surface area contributed by atoms with Gasteiger partial charge in [0, 0.05) is 24.5 Å². The van der Waals surface area contributed by atoms with Crippen LogP contribution in [-0.2, 0) is 16.1 Å². The highest BCUT2D eigenvalue weighted by molar-refractivity contribution is 5.94. The van der Waals surface area contributed by atoms with Crippen molar-refractivity contribution in [2.75, 3.05) is 11.5 Å². The van der Waals surface area contributed by atoms with Crippen LogP contribution in [0.25, 0.3) is 0 Å². The van der Waals surface area contributed by atoms with Crippen LogP contribution in [0.1, 0.15) is 42.6 Å². The maximum absolute atomic E-state index is 12.5. The van der Waals surface area contributed by atoms with Gasteiger partial charge in [-0.3, -0.25) is 9.78 Å². The van der Waals surface area contributed by atoms with Crippen LogP contribution in [0.4, 0.5) is 5.69 Å². The van der Waals surface area contributed by atoms with E-state index in [9.17, 15) is 9.59 Å². The van der Waals surface area contributed by atoms with Crippen molar-refractivity contribution in [2.45, 2.75) is 33.2 Å². The van der Waals surface area contributed by atoms with Crippen molar-refractivity contribution in [1.29, 1.82) is 0 Å². The molecule has 0 unspecified atom stereocenters. The van der Waals surface area contributed by atoms with Crippen molar-refractivity contribution < 1.29 is 14.3 Å². The highest BCUT2D eigenvalue weighted by atomic mass is 16.5. The standard InChI is InChI=1S/C19H22N2O3/c1-3-5-18(22)21(14-15-10-12-20-13-11-15)17-8-6-16(7-9-17)19(23)24-4-2/h6-13H,3-5,14H2,1-2H3. The lowest BCUT2D eigenvalue weighted by Gasteiger charge is -2.23. The average molecular weight is 326 g/mol. The third-order valence-electron chi connectivity index (χ3n) is 3.55. The van der Waals surface area contributed by atoms with Crippen molar-refractivity contribution in [1.82, 2.24) is 4.98 Å². The van der Waals surface area contributed by atoms with E-state index in [4.69, 9.17) is 4.74 Å². The van der Waals surface area contributed by atoms with Crippen LogP contribution in [0, 0.1) is 0 Å². The Hall–Kier alpha value is -2.69. The number of esters is 1. The maximum Gasteiger partial charge on any atom is 0.338 e. The second-order valence-corrected chi connectivity index (χ2v) is 5.35. The fourth-order valence-corrected chi connectivity index (χ4v) is 2.33. The molecule has 0 spiro atoms. The maximum atomic E-state index is 12.5. The fourth-order valence-electron chi connectivity index (χ4n) is 2.33. The highest BCUT2D eigenvalue weighted by Crippen LogP contribution is 2.20. The van der Waals surface area contributed by atoms with E-state index in [-0.39, 0.29) is 11.9 Å². The predicted molar refractivity (Wildman–Crippen MR) is 92.7 cm³/mol. The number of hydrogen-bond acceptors (Lipinski definition) is 4. The third-order valence-corrected chi connectivity index (χ3v) is 3.55. The smallest absolute Gasteiger partial charge is 0.338 e. The zero-order chi connectivity index (χ0) is 17.4. The molecule has 5 heteroatoms. The van der Waals surface area contributed by atoms with Crippen LogP contribution in [0.2, 0.25) is 0 Å². The highest BCUT2D eigenvalue weighted by Gasteiger charge is 2.16. The monoisotopic (exact) mass is 326 g/mol. The number of hydrogen-bond donors (Lipinski definition) is 0. The molecule has 0 radical (unpaired) electrons. The first-order valence-corrected chi connectivity index (χ1v) is 8.12. The van der Waals surface area contributed by atoms with Crippen LogP contribution in [-0.4, -0.2) is 23.5 Å². The molecule has 1 aromatic heterocycles. The number of rotatable bonds is 7. The second kappa shape index (κ2) is 8.82. The summed E-state index contributed by atoms with van der Waals surface area (Å²) in [6.07, 6.45) is 4.68. The van der Waals surface area contributed by atoms with Crippen molar-refractivity contribution in [3.63, 3.8) is 0 Å². The third kappa shape index (κ3) is 4.65. The zero-order valence-electron chi connectivity index (χ0n) is 14.1. The Bertz CT molecular complexity index is 669. The van der Waals surface area contributed by atoms with Gasteiger partial charge in [0.1, 0.15) is 0 Å². The van der Waals surface area contributed by atoms with Crippen molar-refractivity contribution >= 4 is 17.6 Å². The normalized spacial score (nSPS) is 10.2. The molecule has 1 amide bonds. The second-order valence-electron chi connectivity index (χ2n) is 5.35. The summed E-state index contributed by atoms with van der Waals surface area (Å²) >= 11 is 0. The van der Waals surface area contributed by atoms with E-state index in [1.807, 2.05) is 19.1 Å².